The van der Waals surface area contributed by atoms with Crippen LogP contribution in [0, 0.1) is 0 Å². The summed E-state index contributed by atoms with van der Waals surface area (Å²) in [6.45, 7) is 9.33. The molecule has 0 atom stereocenters. The van der Waals surface area contributed by atoms with E-state index in [1.807, 2.05) is 0 Å². The molecule has 2 aliphatic carbocycles. The molecule has 6 aromatic carbocycles. The van der Waals surface area contributed by atoms with Crippen molar-refractivity contribution in [2.24, 2.45) is 0 Å². The van der Waals surface area contributed by atoms with Gasteiger partial charge >= 0.3 is 0 Å². The minimum Gasteiger partial charge on any atom is -0.399 e. The molecule has 8 rings (SSSR count). The zero-order chi connectivity index (χ0) is 42.9. The molecule has 0 saturated carbocycles. The molecular formula is C60H74N2. The van der Waals surface area contributed by atoms with Gasteiger partial charge in [-0.05, 0) is 129 Å². The van der Waals surface area contributed by atoms with Gasteiger partial charge in [0.1, 0.15) is 0 Å². The zero-order valence-corrected chi connectivity index (χ0v) is 38.7. The molecule has 0 aliphatic heterocycles. The predicted octanol–water partition coefficient (Wildman–Crippen LogP) is 18.3. The quantitative estimate of drug-likeness (QED) is 0.0515. The Bertz CT molecular complexity index is 2390. The second-order valence-corrected chi connectivity index (χ2v) is 19.1. The average Bonchev–Trinajstić information content (AvgIpc) is 3.72. The highest BCUT2D eigenvalue weighted by molar-refractivity contribution is 5.92. The first-order valence-corrected chi connectivity index (χ1v) is 25.1. The van der Waals surface area contributed by atoms with E-state index in [-0.39, 0.29) is 10.8 Å². The summed E-state index contributed by atoms with van der Waals surface area (Å²) in [7, 11) is 0. The first-order chi connectivity index (χ1) is 30.5. The smallest absolute Gasteiger partial charge is 0.0468 e. The Balaban J connectivity index is 1.31. The fourth-order valence-corrected chi connectivity index (χ4v) is 11.7. The Hall–Kier alpha value is -4.82. The van der Waals surface area contributed by atoms with E-state index in [1.54, 1.807) is 11.1 Å². The maximum Gasteiger partial charge on any atom is 0.0468 e. The molecular weight excluding hydrogens is 749 g/mol. The molecule has 0 aromatic heterocycles. The summed E-state index contributed by atoms with van der Waals surface area (Å²) in [6, 6.07) is 47.2. The van der Waals surface area contributed by atoms with E-state index < -0.39 is 0 Å². The third-order valence-corrected chi connectivity index (χ3v) is 15.0. The third-order valence-electron chi connectivity index (χ3n) is 15.0. The Morgan fingerprint density at radius 1 is 0.355 bits per heavy atom. The molecule has 6 aromatic rings. The van der Waals surface area contributed by atoms with Gasteiger partial charge in [0.2, 0.25) is 0 Å². The van der Waals surface area contributed by atoms with Gasteiger partial charge in [-0.1, -0.05) is 203 Å². The van der Waals surface area contributed by atoms with Crippen LogP contribution >= 0.6 is 0 Å². The van der Waals surface area contributed by atoms with Crippen molar-refractivity contribution in [2.75, 3.05) is 10.6 Å². The first-order valence-electron chi connectivity index (χ1n) is 25.1. The summed E-state index contributed by atoms with van der Waals surface area (Å²) < 4.78 is 0. The SMILES string of the molecule is CCCCCCC1(CCCCCC)c2ccccc2-c2ccc(N(c3ccc4c(c3)C(CCCCCC)(CCCCCC)c3cc(N)ccc3-4)c3ccc4ccccc4c3)cc21. The van der Waals surface area contributed by atoms with Gasteiger partial charge in [0.15, 0.2) is 0 Å². The van der Waals surface area contributed by atoms with Gasteiger partial charge in [-0.3, -0.25) is 0 Å². The number of unbranched alkanes of at least 4 members (excludes halogenated alkanes) is 12. The lowest BCUT2D eigenvalue weighted by molar-refractivity contribution is 0.401. The average molecular weight is 823 g/mol. The Kier molecular flexibility index (Phi) is 14.2. The second kappa shape index (κ2) is 20.1. The van der Waals surface area contributed by atoms with Gasteiger partial charge in [-0.2, -0.15) is 0 Å². The van der Waals surface area contributed by atoms with Gasteiger partial charge in [0.05, 0.1) is 0 Å². The standard InChI is InChI=1S/C60H74N2/c1-5-9-13-21-37-59(38-22-14-10-6-2)55-28-20-19-27-51(55)53-35-32-49(43-57(53)59)62(48-31-29-45-25-17-18-26-46(45)41-48)50-33-36-54-52-34-30-47(61)42-56(52)60(58(54)44-50,39-23-15-11-7-3)40-24-16-12-8-4/h17-20,25-36,41-44H,5-16,21-24,37-40,61H2,1-4H3. The number of nitrogen functional groups attached to an aromatic ring is 1. The fraction of sp³-hybridized carbons (Fsp3) is 0.433. The summed E-state index contributed by atoms with van der Waals surface area (Å²) >= 11 is 0. The Morgan fingerprint density at radius 3 is 1.29 bits per heavy atom. The van der Waals surface area contributed by atoms with Crippen LogP contribution in [-0.4, -0.2) is 0 Å². The van der Waals surface area contributed by atoms with Crippen LogP contribution < -0.4 is 10.6 Å². The van der Waals surface area contributed by atoms with Crippen molar-refractivity contribution >= 4 is 33.5 Å². The van der Waals surface area contributed by atoms with E-state index in [0.29, 0.717) is 0 Å². The van der Waals surface area contributed by atoms with E-state index >= 15 is 0 Å². The van der Waals surface area contributed by atoms with E-state index in [4.69, 9.17) is 5.73 Å². The highest BCUT2D eigenvalue weighted by Gasteiger charge is 2.44. The van der Waals surface area contributed by atoms with E-state index in [0.717, 1.165) is 18.5 Å². The van der Waals surface area contributed by atoms with Crippen molar-refractivity contribution in [3.63, 3.8) is 0 Å². The van der Waals surface area contributed by atoms with Gasteiger partial charge in [0, 0.05) is 33.6 Å². The van der Waals surface area contributed by atoms with E-state index in [1.165, 1.54) is 177 Å². The molecule has 0 heterocycles. The van der Waals surface area contributed by atoms with Crippen LogP contribution in [0.25, 0.3) is 33.0 Å². The van der Waals surface area contributed by atoms with Crippen molar-refractivity contribution in [3.8, 4) is 22.3 Å². The molecule has 2 nitrogen and oxygen atoms in total. The number of fused-ring (bicyclic) bond motifs is 7. The lowest BCUT2D eigenvalue weighted by Gasteiger charge is -2.35. The molecule has 2 heteroatoms. The number of hydrogen-bond donors (Lipinski definition) is 1. The number of hydrogen-bond acceptors (Lipinski definition) is 2. The largest absolute Gasteiger partial charge is 0.399 e. The number of rotatable bonds is 23. The third kappa shape index (κ3) is 8.61. The van der Waals surface area contributed by atoms with Crippen LogP contribution in [0.5, 0.6) is 0 Å². The molecule has 0 spiro atoms. The lowest BCUT2D eigenvalue weighted by atomic mass is 9.70. The van der Waals surface area contributed by atoms with Gasteiger partial charge < -0.3 is 10.6 Å². The monoisotopic (exact) mass is 823 g/mol. The number of nitrogens with zero attached hydrogens (tertiary/aromatic N) is 1. The number of benzene rings is 6. The highest BCUT2D eigenvalue weighted by atomic mass is 15.1. The molecule has 2 N–H and O–H groups in total. The van der Waals surface area contributed by atoms with Crippen molar-refractivity contribution in [3.05, 3.63) is 144 Å². The Labute approximate surface area is 375 Å². The molecule has 0 bridgehead atoms. The maximum atomic E-state index is 6.70. The topological polar surface area (TPSA) is 29.3 Å². The molecule has 0 radical (unpaired) electrons. The zero-order valence-electron chi connectivity index (χ0n) is 38.7. The molecule has 0 unspecified atom stereocenters. The molecule has 2 aliphatic rings. The van der Waals surface area contributed by atoms with E-state index in [2.05, 4.69) is 154 Å². The van der Waals surface area contributed by atoms with Crippen LogP contribution in [0.1, 0.15) is 178 Å². The van der Waals surface area contributed by atoms with Crippen molar-refractivity contribution in [2.45, 2.75) is 167 Å². The molecule has 0 saturated heterocycles. The summed E-state index contributed by atoms with van der Waals surface area (Å²) in [6.07, 6.45) is 25.1. The number of nitrogens with two attached hydrogens (primary N) is 1. The Morgan fingerprint density at radius 2 is 0.758 bits per heavy atom. The van der Waals surface area contributed by atoms with Crippen LogP contribution in [0.2, 0.25) is 0 Å². The normalized spacial score (nSPS) is 14.1. The van der Waals surface area contributed by atoms with Crippen molar-refractivity contribution in [1.29, 1.82) is 0 Å². The summed E-state index contributed by atoms with van der Waals surface area (Å²) in [5.41, 5.74) is 23.0. The second-order valence-electron chi connectivity index (χ2n) is 19.1. The predicted molar refractivity (Wildman–Crippen MR) is 271 cm³/mol. The highest BCUT2D eigenvalue weighted by Crippen LogP contribution is 2.58. The van der Waals surface area contributed by atoms with Crippen molar-refractivity contribution < 1.29 is 0 Å². The van der Waals surface area contributed by atoms with Crippen molar-refractivity contribution in [1.82, 2.24) is 0 Å². The van der Waals surface area contributed by atoms with Crippen LogP contribution in [0.4, 0.5) is 22.7 Å². The maximum absolute atomic E-state index is 6.70. The van der Waals surface area contributed by atoms with Gasteiger partial charge in [-0.25, -0.2) is 0 Å². The van der Waals surface area contributed by atoms with E-state index in [9.17, 15) is 0 Å². The van der Waals surface area contributed by atoms with Crippen LogP contribution in [0.3, 0.4) is 0 Å². The van der Waals surface area contributed by atoms with Gasteiger partial charge in [0.25, 0.3) is 0 Å². The van der Waals surface area contributed by atoms with Crippen LogP contribution in [-0.2, 0) is 10.8 Å². The minimum atomic E-state index is -0.0572. The number of anilines is 4. The molecule has 0 amide bonds. The van der Waals surface area contributed by atoms with Gasteiger partial charge in [-0.15, -0.1) is 0 Å². The summed E-state index contributed by atoms with van der Waals surface area (Å²) in [4.78, 5) is 2.60. The summed E-state index contributed by atoms with van der Waals surface area (Å²) in [5, 5.41) is 2.55. The minimum absolute atomic E-state index is 0.0180. The molecule has 0 fully saturated rings. The molecule has 62 heavy (non-hydrogen) atoms. The first kappa shape index (κ1) is 43.8. The lowest BCUT2D eigenvalue weighted by Crippen LogP contribution is -2.26. The fourth-order valence-electron chi connectivity index (χ4n) is 11.7. The molecule has 324 valence electrons. The summed E-state index contributed by atoms with van der Waals surface area (Å²) in [5.74, 6) is 0. The van der Waals surface area contributed by atoms with Crippen LogP contribution in [0.15, 0.2) is 121 Å².